The third kappa shape index (κ3) is 3.23. The quantitative estimate of drug-likeness (QED) is 0.776. The van der Waals surface area contributed by atoms with Crippen LogP contribution >= 0.6 is 0 Å². The summed E-state index contributed by atoms with van der Waals surface area (Å²) < 4.78 is 10.6. The Morgan fingerprint density at radius 1 is 1.24 bits per heavy atom. The minimum atomic E-state index is -0.762. The average molecular weight is 344 g/mol. The summed E-state index contributed by atoms with van der Waals surface area (Å²) in [5, 5.41) is 10.3. The molecule has 2 aromatic rings. The van der Waals surface area contributed by atoms with E-state index in [-0.39, 0.29) is 11.3 Å². The van der Waals surface area contributed by atoms with Crippen LogP contribution in [-0.2, 0) is 4.79 Å². The SMILES string of the molecule is CN(C)CCCN1C(=O)C(O)=C(C(=O)c2ccco2)[C@@H]1c1ccco1. The van der Waals surface area contributed by atoms with Crippen molar-refractivity contribution in [2.75, 3.05) is 27.2 Å². The number of furan rings is 2. The first-order chi connectivity index (χ1) is 12.0. The summed E-state index contributed by atoms with van der Waals surface area (Å²) in [6.07, 6.45) is 3.55. The molecule has 0 spiro atoms. The molecule has 0 saturated heterocycles. The lowest BCUT2D eigenvalue weighted by Crippen LogP contribution is -2.33. The fraction of sp³-hybridized carbons (Fsp3) is 0.333. The summed E-state index contributed by atoms with van der Waals surface area (Å²) in [5.74, 6) is -1.15. The van der Waals surface area contributed by atoms with Crippen molar-refractivity contribution in [2.45, 2.75) is 12.5 Å². The Morgan fingerprint density at radius 3 is 2.56 bits per heavy atom. The predicted molar refractivity (Wildman–Crippen MR) is 89.0 cm³/mol. The number of Topliss-reactive ketones (excluding diaryl/α,β-unsaturated/α-hetero) is 1. The van der Waals surface area contributed by atoms with Crippen LogP contribution in [-0.4, -0.2) is 53.8 Å². The van der Waals surface area contributed by atoms with Crippen molar-refractivity contribution < 1.29 is 23.5 Å². The summed E-state index contributed by atoms with van der Waals surface area (Å²) in [6.45, 7) is 1.16. The van der Waals surface area contributed by atoms with Crippen molar-refractivity contribution in [1.82, 2.24) is 9.80 Å². The van der Waals surface area contributed by atoms with E-state index < -0.39 is 23.5 Å². The Kier molecular flexibility index (Phi) is 4.76. The van der Waals surface area contributed by atoms with E-state index in [9.17, 15) is 14.7 Å². The summed E-state index contributed by atoms with van der Waals surface area (Å²) in [5.41, 5.74) is -0.0141. The molecule has 7 nitrogen and oxygen atoms in total. The largest absolute Gasteiger partial charge is 0.503 e. The normalized spacial score (nSPS) is 17.8. The first kappa shape index (κ1) is 17.0. The first-order valence-electron chi connectivity index (χ1n) is 8.01. The van der Waals surface area contributed by atoms with Gasteiger partial charge in [-0.1, -0.05) is 0 Å². The highest BCUT2D eigenvalue weighted by Crippen LogP contribution is 2.39. The number of carbonyl (C=O) groups excluding carboxylic acids is 2. The van der Waals surface area contributed by atoms with Crippen molar-refractivity contribution in [2.24, 2.45) is 0 Å². The van der Waals surface area contributed by atoms with E-state index in [0.717, 1.165) is 6.54 Å². The molecule has 0 radical (unpaired) electrons. The molecule has 132 valence electrons. The average Bonchev–Trinajstić information content (AvgIpc) is 3.31. The zero-order valence-electron chi connectivity index (χ0n) is 14.1. The van der Waals surface area contributed by atoms with Crippen LogP contribution in [0.15, 0.2) is 57.0 Å². The van der Waals surface area contributed by atoms with Crippen LogP contribution in [0.4, 0.5) is 0 Å². The summed E-state index contributed by atoms with van der Waals surface area (Å²) in [6, 6.07) is 5.69. The van der Waals surface area contributed by atoms with E-state index in [1.807, 2.05) is 19.0 Å². The smallest absolute Gasteiger partial charge is 0.290 e. The van der Waals surface area contributed by atoms with Crippen LogP contribution in [0.3, 0.4) is 0 Å². The minimum absolute atomic E-state index is 0.0141. The molecule has 1 amide bonds. The lowest BCUT2D eigenvalue weighted by molar-refractivity contribution is -0.129. The van der Waals surface area contributed by atoms with E-state index in [1.165, 1.54) is 23.5 Å². The maximum Gasteiger partial charge on any atom is 0.290 e. The zero-order chi connectivity index (χ0) is 18.0. The maximum atomic E-state index is 12.8. The minimum Gasteiger partial charge on any atom is -0.503 e. The van der Waals surface area contributed by atoms with E-state index in [0.29, 0.717) is 18.7 Å². The van der Waals surface area contributed by atoms with Gasteiger partial charge in [0.1, 0.15) is 11.8 Å². The Morgan fingerprint density at radius 2 is 1.96 bits per heavy atom. The van der Waals surface area contributed by atoms with Gasteiger partial charge in [-0.25, -0.2) is 0 Å². The molecule has 7 heteroatoms. The molecule has 3 heterocycles. The van der Waals surface area contributed by atoms with Crippen LogP contribution in [0, 0.1) is 0 Å². The van der Waals surface area contributed by atoms with Crippen LogP contribution in [0.1, 0.15) is 28.8 Å². The second kappa shape index (κ2) is 6.98. The number of ketones is 1. The van der Waals surface area contributed by atoms with Gasteiger partial charge < -0.3 is 23.7 Å². The van der Waals surface area contributed by atoms with Crippen LogP contribution in [0.25, 0.3) is 0 Å². The molecule has 1 aliphatic heterocycles. The van der Waals surface area contributed by atoms with Gasteiger partial charge in [-0.15, -0.1) is 0 Å². The highest BCUT2D eigenvalue weighted by molar-refractivity contribution is 6.14. The van der Waals surface area contributed by atoms with Crippen LogP contribution in [0.5, 0.6) is 0 Å². The molecule has 25 heavy (non-hydrogen) atoms. The van der Waals surface area contributed by atoms with Gasteiger partial charge in [0.05, 0.1) is 18.1 Å². The molecule has 1 aliphatic rings. The lowest BCUT2D eigenvalue weighted by Gasteiger charge is -2.25. The number of aliphatic hydroxyl groups is 1. The van der Waals surface area contributed by atoms with Gasteiger partial charge in [0.2, 0.25) is 5.78 Å². The van der Waals surface area contributed by atoms with Crippen molar-refractivity contribution in [3.8, 4) is 0 Å². The molecule has 0 unspecified atom stereocenters. The molecule has 1 N–H and O–H groups in total. The van der Waals surface area contributed by atoms with Gasteiger partial charge in [-0.05, 0) is 51.3 Å². The van der Waals surface area contributed by atoms with Gasteiger partial charge in [0, 0.05) is 6.54 Å². The Bertz CT molecular complexity index is 775. The van der Waals surface area contributed by atoms with Gasteiger partial charge in [-0.2, -0.15) is 0 Å². The van der Waals surface area contributed by atoms with Gasteiger partial charge >= 0.3 is 0 Å². The van der Waals surface area contributed by atoms with Crippen molar-refractivity contribution >= 4 is 11.7 Å². The molecule has 2 aromatic heterocycles. The van der Waals surface area contributed by atoms with E-state index in [1.54, 1.807) is 18.2 Å². The zero-order valence-corrected chi connectivity index (χ0v) is 14.1. The number of nitrogens with zero attached hydrogens (tertiary/aromatic N) is 2. The fourth-order valence-corrected chi connectivity index (χ4v) is 2.96. The second-order valence-electron chi connectivity index (χ2n) is 6.14. The molecule has 0 aromatic carbocycles. The Labute approximate surface area is 145 Å². The third-order valence-electron chi connectivity index (χ3n) is 4.11. The number of carbonyl (C=O) groups is 2. The summed E-state index contributed by atoms with van der Waals surface area (Å²) >= 11 is 0. The number of hydrogen-bond donors (Lipinski definition) is 1. The molecule has 1 atom stereocenters. The standard InChI is InChI=1S/C18H20N2O5/c1-19(2)8-5-9-20-15(12-6-3-10-24-12)14(17(22)18(20)23)16(21)13-7-4-11-25-13/h3-4,6-7,10-11,15,22H,5,8-9H2,1-2H3/t15-/m0/s1. The summed E-state index contributed by atoms with van der Waals surface area (Å²) in [7, 11) is 3.88. The fourth-order valence-electron chi connectivity index (χ4n) is 2.96. The first-order valence-corrected chi connectivity index (χ1v) is 8.01. The lowest BCUT2D eigenvalue weighted by atomic mass is 9.99. The number of hydrogen-bond acceptors (Lipinski definition) is 6. The molecule has 0 fully saturated rings. The van der Waals surface area contributed by atoms with E-state index in [2.05, 4.69) is 0 Å². The van der Waals surface area contributed by atoms with E-state index >= 15 is 0 Å². The highest BCUT2D eigenvalue weighted by atomic mass is 16.3. The third-order valence-corrected chi connectivity index (χ3v) is 4.11. The summed E-state index contributed by atoms with van der Waals surface area (Å²) in [4.78, 5) is 28.8. The molecular weight excluding hydrogens is 324 g/mol. The number of rotatable bonds is 7. The molecular formula is C18H20N2O5. The Balaban J connectivity index is 1.94. The van der Waals surface area contributed by atoms with Gasteiger partial charge in [0.25, 0.3) is 5.91 Å². The van der Waals surface area contributed by atoms with E-state index in [4.69, 9.17) is 8.83 Å². The van der Waals surface area contributed by atoms with Crippen molar-refractivity contribution in [1.29, 1.82) is 0 Å². The number of amides is 1. The maximum absolute atomic E-state index is 12.8. The molecule has 0 saturated carbocycles. The molecule has 0 aliphatic carbocycles. The monoisotopic (exact) mass is 344 g/mol. The Hall–Kier alpha value is -2.80. The number of aliphatic hydroxyl groups excluding tert-OH is 1. The van der Waals surface area contributed by atoms with Crippen molar-refractivity contribution in [3.63, 3.8) is 0 Å². The predicted octanol–water partition coefficient (Wildman–Crippen LogP) is 2.40. The topological polar surface area (TPSA) is 87.1 Å². The molecule has 0 bridgehead atoms. The highest BCUT2D eigenvalue weighted by Gasteiger charge is 2.45. The van der Waals surface area contributed by atoms with Gasteiger partial charge in [-0.3, -0.25) is 9.59 Å². The van der Waals surface area contributed by atoms with Gasteiger partial charge in [0.15, 0.2) is 11.5 Å². The molecule has 3 rings (SSSR count). The van der Waals surface area contributed by atoms with Crippen LogP contribution < -0.4 is 0 Å². The van der Waals surface area contributed by atoms with Crippen LogP contribution in [0.2, 0.25) is 0 Å². The second-order valence-corrected chi connectivity index (χ2v) is 6.14. The van der Waals surface area contributed by atoms with Crippen molar-refractivity contribution in [3.05, 3.63) is 59.6 Å².